The summed E-state index contributed by atoms with van der Waals surface area (Å²) >= 11 is 0. The first-order valence-corrected chi connectivity index (χ1v) is 7.89. The molecule has 1 aromatic carbocycles. The minimum Gasteiger partial charge on any atom is -0.497 e. The average molecular weight is 320 g/mol. The SMILES string of the molecule is COc1ccc(OC)c(/C=N\OCC(=O)N2CCCCCC2)c1. The van der Waals surface area contributed by atoms with Crippen molar-refractivity contribution in [1.29, 1.82) is 0 Å². The van der Waals surface area contributed by atoms with Gasteiger partial charge in [0.2, 0.25) is 0 Å². The Kier molecular flexibility index (Phi) is 6.72. The summed E-state index contributed by atoms with van der Waals surface area (Å²) in [6, 6.07) is 5.39. The maximum atomic E-state index is 12.1. The third kappa shape index (κ3) is 5.16. The first kappa shape index (κ1) is 17.1. The highest BCUT2D eigenvalue weighted by Gasteiger charge is 2.15. The zero-order valence-corrected chi connectivity index (χ0v) is 13.8. The Bertz CT molecular complexity index is 537. The van der Waals surface area contributed by atoms with E-state index >= 15 is 0 Å². The number of hydrogen-bond donors (Lipinski definition) is 0. The van der Waals surface area contributed by atoms with Gasteiger partial charge in [-0.1, -0.05) is 18.0 Å². The van der Waals surface area contributed by atoms with Crippen LogP contribution >= 0.6 is 0 Å². The lowest BCUT2D eigenvalue weighted by Crippen LogP contribution is -2.34. The molecule has 0 saturated carbocycles. The number of ether oxygens (including phenoxy) is 2. The van der Waals surface area contributed by atoms with Crippen LogP contribution in [-0.4, -0.2) is 50.9 Å². The monoisotopic (exact) mass is 320 g/mol. The molecule has 0 aliphatic carbocycles. The van der Waals surface area contributed by atoms with Crippen molar-refractivity contribution in [3.8, 4) is 11.5 Å². The number of nitrogens with zero attached hydrogens (tertiary/aromatic N) is 2. The molecule has 1 aromatic rings. The standard InChI is InChI=1S/C17H24N2O4/c1-21-15-7-8-16(22-2)14(11-15)12-18-23-13-17(20)19-9-5-3-4-6-10-19/h7-8,11-12H,3-6,9-10,13H2,1-2H3/b18-12-. The van der Waals surface area contributed by atoms with Gasteiger partial charge in [-0.15, -0.1) is 0 Å². The van der Waals surface area contributed by atoms with Crippen LogP contribution in [0.25, 0.3) is 0 Å². The highest BCUT2D eigenvalue weighted by Crippen LogP contribution is 2.22. The van der Waals surface area contributed by atoms with Gasteiger partial charge < -0.3 is 19.2 Å². The Morgan fingerprint density at radius 2 is 1.91 bits per heavy atom. The molecule has 126 valence electrons. The van der Waals surface area contributed by atoms with Gasteiger partial charge in [-0.2, -0.15) is 0 Å². The average Bonchev–Trinajstić information content (AvgIpc) is 2.87. The van der Waals surface area contributed by atoms with Gasteiger partial charge >= 0.3 is 0 Å². The quantitative estimate of drug-likeness (QED) is 0.597. The number of methoxy groups -OCH3 is 2. The highest BCUT2D eigenvalue weighted by molar-refractivity contribution is 5.84. The van der Waals surface area contributed by atoms with Crippen LogP contribution in [0, 0.1) is 0 Å². The first-order valence-electron chi connectivity index (χ1n) is 7.89. The molecule has 0 bridgehead atoms. The van der Waals surface area contributed by atoms with Crippen molar-refractivity contribution < 1.29 is 19.1 Å². The van der Waals surface area contributed by atoms with Crippen LogP contribution in [0.15, 0.2) is 23.4 Å². The van der Waals surface area contributed by atoms with E-state index in [-0.39, 0.29) is 12.5 Å². The summed E-state index contributed by atoms with van der Waals surface area (Å²) in [5, 5.41) is 3.88. The lowest BCUT2D eigenvalue weighted by Gasteiger charge is -2.19. The predicted molar refractivity (Wildman–Crippen MR) is 88.1 cm³/mol. The molecule has 0 aromatic heterocycles. The molecule has 1 amide bonds. The number of oxime groups is 1. The van der Waals surface area contributed by atoms with Crippen LogP contribution in [0.1, 0.15) is 31.2 Å². The summed E-state index contributed by atoms with van der Waals surface area (Å²) in [4.78, 5) is 19.1. The molecule has 0 N–H and O–H groups in total. The third-order valence-electron chi connectivity index (χ3n) is 3.85. The van der Waals surface area contributed by atoms with Crippen molar-refractivity contribution in [2.75, 3.05) is 33.9 Å². The predicted octanol–water partition coefficient (Wildman–Crippen LogP) is 2.46. The Morgan fingerprint density at radius 3 is 2.57 bits per heavy atom. The van der Waals surface area contributed by atoms with Crippen LogP contribution in [0.4, 0.5) is 0 Å². The largest absolute Gasteiger partial charge is 0.497 e. The number of carbonyl (C=O) groups excluding carboxylic acids is 1. The zero-order chi connectivity index (χ0) is 16.5. The summed E-state index contributed by atoms with van der Waals surface area (Å²) < 4.78 is 10.4. The Balaban J connectivity index is 1.87. The molecule has 1 heterocycles. The smallest absolute Gasteiger partial charge is 0.263 e. The number of amides is 1. The van der Waals surface area contributed by atoms with Gasteiger partial charge in [0.15, 0.2) is 6.61 Å². The Morgan fingerprint density at radius 1 is 1.17 bits per heavy atom. The summed E-state index contributed by atoms with van der Waals surface area (Å²) in [5.41, 5.74) is 0.731. The molecule has 2 rings (SSSR count). The fourth-order valence-electron chi connectivity index (χ4n) is 2.54. The maximum Gasteiger partial charge on any atom is 0.263 e. The summed E-state index contributed by atoms with van der Waals surface area (Å²) in [6.45, 7) is 1.59. The molecule has 0 spiro atoms. The van der Waals surface area contributed by atoms with E-state index in [4.69, 9.17) is 14.3 Å². The van der Waals surface area contributed by atoms with Gasteiger partial charge in [-0.3, -0.25) is 4.79 Å². The molecule has 0 unspecified atom stereocenters. The number of hydrogen-bond acceptors (Lipinski definition) is 5. The molecule has 1 saturated heterocycles. The van der Waals surface area contributed by atoms with Crippen molar-refractivity contribution in [2.24, 2.45) is 5.16 Å². The number of likely N-dealkylation sites (tertiary alicyclic amines) is 1. The van der Waals surface area contributed by atoms with E-state index in [1.54, 1.807) is 32.4 Å². The van der Waals surface area contributed by atoms with E-state index < -0.39 is 0 Å². The lowest BCUT2D eigenvalue weighted by molar-refractivity contribution is -0.136. The molecule has 23 heavy (non-hydrogen) atoms. The van der Waals surface area contributed by atoms with Crippen molar-refractivity contribution in [3.05, 3.63) is 23.8 Å². The summed E-state index contributed by atoms with van der Waals surface area (Å²) in [7, 11) is 3.18. The van der Waals surface area contributed by atoms with Gasteiger partial charge in [0.1, 0.15) is 11.5 Å². The second-order valence-electron chi connectivity index (χ2n) is 5.41. The van der Waals surface area contributed by atoms with E-state index in [2.05, 4.69) is 5.16 Å². The zero-order valence-electron chi connectivity index (χ0n) is 13.8. The second-order valence-corrected chi connectivity index (χ2v) is 5.41. The van der Waals surface area contributed by atoms with E-state index in [0.29, 0.717) is 11.5 Å². The highest BCUT2D eigenvalue weighted by atomic mass is 16.6. The molecule has 6 nitrogen and oxygen atoms in total. The van der Waals surface area contributed by atoms with Gasteiger partial charge in [0.05, 0.1) is 20.4 Å². The minimum absolute atomic E-state index is 0.0124. The van der Waals surface area contributed by atoms with Gasteiger partial charge in [0, 0.05) is 18.7 Å². The van der Waals surface area contributed by atoms with E-state index in [0.717, 1.165) is 31.5 Å². The normalized spacial score (nSPS) is 15.3. The van der Waals surface area contributed by atoms with Gasteiger partial charge in [-0.25, -0.2) is 0 Å². The third-order valence-corrected chi connectivity index (χ3v) is 3.85. The van der Waals surface area contributed by atoms with Crippen molar-refractivity contribution >= 4 is 12.1 Å². The number of rotatable bonds is 6. The number of benzene rings is 1. The molecular formula is C17H24N2O4. The van der Waals surface area contributed by atoms with Crippen LogP contribution in [-0.2, 0) is 9.63 Å². The van der Waals surface area contributed by atoms with Crippen LogP contribution in [0.2, 0.25) is 0 Å². The Hall–Kier alpha value is -2.24. The topological polar surface area (TPSA) is 60.4 Å². The summed E-state index contributed by atoms with van der Waals surface area (Å²) in [6.07, 6.45) is 6.04. The van der Waals surface area contributed by atoms with E-state index in [9.17, 15) is 4.79 Å². The second kappa shape index (κ2) is 9.02. The maximum absolute atomic E-state index is 12.1. The first-order chi connectivity index (χ1) is 11.2. The van der Waals surface area contributed by atoms with Gasteiger partial charge in [0.25, 0.3) is 5.91 Å². The van der Waals surface area contributed by atoms with Crippen LogP contribution in [0.5, 0.6) is 11.5 Å². The lowest BCUT2D eigenvalue weighted by atomic mass is 10.2. The molecule has 6 heteroatoms. The van der Waals surface area contributed by atoms with Gasteiger partial charge in [-0.05, 0) is 31.0 Å². The Labute approximate surface area is 137 Å². The molecule has 0 atom stereocenters. The van der Waals surface area contributed by atoms with Crippen molar-refractivity contribution in [3.63, 3.8) is 0 Å². The molecular weight excluding hydrogens is 296 g/mol. The summed E-state index contributed by atoms with van der Waals surface area (Å²) in [5.74, 6) is 1.35. The molecule has 1 aliphatic heterocycles. The van der Waals surface area contributed by atoms with Crippen molar-refractivity contribution in [1.82, 2.24) is 4.90 Å². The molecule has 1 aliphatic rings. The van der Waals surface area contributed by atoms with E-state index in [1.807, 2.05) is 4.90 Å². The number of carbonyl (C=O) groups is 1. The van der Waals surface area contributed by atoms with Crippen molar-refractivity contribution in [2.45, 2.75) is 25.7 Å². The fourth-order valence-corrected chi connectivity index (χ4v) is 2.54. The minimum atomic E-state index is -0.0389. The molecule has 1 fully saturated rings. The van der Waals surface area contributed by atoms with Crippen LogP contribution in [0.3, 0.4) is 0 Å². The van der Waals surface area contributed by atoms with Crippen LogP contribution < -0.4 is 9.47 Å². The van der Waals surface area contributed by atoms with E-state index in [1.165, 1.54) is 19.1 Å². The molecule has 0 radical (unpaired) electrons. The fraction of sp³-hybridized carbons (Fsp3) is 0.529.